The normalized spacial score (nSPS) is 12.2. The van der Waals surface area contributed by atoms with Crippen molar-refractivity contribution in [2.45, 2.75) is 40.2 Å². The van der Waals surface area contributed by atoms with E-state index in [0.717, 1.165) is 10.9 Å². The standard InChI is InChI=1S/C23H28N2O4/c1-5-27-20-12-11-16(13-21(20)28-6-2)23(15(3)4)24-22(26)14-18-17-9-7-8-10-19(17)29-25-18/h7-13,15,23H,5-6,14H2,1-4H3,(H,24,26). The van der Waals surface area contributed by atoms with Gasteiger partial charge in [0.1, 0.15) is 5.69 Å². The minimum absolute atomic E-state index is 0.102. The first-order chi connectivity index (χ1) is 14.0. The van der Waals surface area contributed by atoms with Crippen LogP contribution in [0.1, 0.15) is 45.0 Å². The van der Waals surface area contributed by atoms with Crippen LogP contribution < -0.4 is 14.8 Å². The molecule has 1 amide bonds. The minimum Gasteiger partial charge on any atom is -0.490 e. The number of para-hydroxylation sites is 1. The topological polar surface area (TPSA) is 73.6 Å². The number of benzene rings is 2. The number of rotatable bonds is 9. The Morgan fingerprint density at radius 2 is 1.79 bits per heavy atom. The van der Waals surface area contributed by atoms with Gasteiger partial charge in [0.15, 0.2) is 17.1 Å². The predicted molar refractivity (Wildman–Crippen MR) is 112 cm³/mol. The zero-order chi connectivity index (χ0) is 20.8. The van der Waals surface area contributed by atoms with Crippen molar-refractivity contribution in [3.05, 3.63) is 53.7 Å². The van der Waals surface area contributed by atoms with Crippen LogP contribution in [0.5, 0.6) is 11.5 Å². The average molecular weight is 396 g/mol. The Morgan fingerprint density at radius 1 is 1.07 bits per heavy atom. The number of amides is 1. The molecule has 0 saturated carbocycles. The summed E-state index contributed by atoms with van der Waals surface area (Å²) in [6, 6.07) is 13.2. The van der Waals surface area contributed by atoms with Gasteiger partial charge in [0.25, 0.3) is 0 Å². The molecule has 0 radical (unpaired) electrons. The summed E-state index contributed by atoms with van der Waals surface area (Å²) in [5.41, 5.74) is 2.30. The van der Waals surface area contributed by atoms with Gasteiger partial charge in [0.05, 0.1) is 25.7 Å². The SMILES string of the molecule is CCOc1ccc(C(NC(=O)Cc2noc3ccccc23)C(C)C)cc1OCC. The van der Waals surface area contributed by atoms with Crippen LogP contribution >= 0.6 is 0 Å². The smallest absolute Gasteiger partial charge is 0.226 e. The van der Waals surface area contributed by atoms with E-state index in [9.17, 15) is 4.79 Å². The molecule has 1 atom stereocenters. The third kappa shape index (κ3) is 4.88. The van der Waals surface area contributed by atoms with Crippen molar-refractivity contribution in [2.75, 3.05) is 13.2 Å². The number of carbonyl (C=O) groups is 1. The lowest BCUT2D eigenvalue weighted by Gasteiger charge is -2.24. The molecule has 154 valence electrons. The van der Waals surface area contributed by atoms with Crippen molar-refractivity contribution in [3.8, 4) is 11.5 Å². The van der Waals surface area contributed by atoms with E-state index in [-0.39, 0.29) is 24.3 Å². The number of aromatic nitrogens is 1. The number of hydrogen-bond donors (Lipinski definition) is 1. The fourth-order valence-electron chi connectivity index (χ4n) is 3.34. The van der Waals surface area contributed by atoms with Gasteiger partial charge in [-0.15, -0.1) is 0 Å². The van der Waals surface area contributed by atoms with E-state index in [2.05, 4.69) is 24.3 Å². The molecule has 1 heterocycles. The number of nitrogens with zero attached hydrogens (tertiary/aromatic N) is 1. The largest absolute Gasteiger partial charge is 0.490 e. The van der Waals surface area contributed by atoms with E-state index < -0.39 is 0 Å². The van der Waals surface area contributed by atoms with E-state index in [1.54, 1.807) is 0 Å². The summed E-state index contributed by atoms with van der Waals surface area (Å²) in [5.74, 6) is 1.49. The van der Waals surface area contributed by atoms with E-state index in [0.29, 0.717) is 36.0 Å². The van der Waals surface area contributed by atoms with Gasteiger partial charge >= 0.3 is 0 Å². The molecule has 3 aromatic rings. The molecule has 0 aliphatic heterocycles. The summed E-state index contributed by atoms with van der Waals surface area (Å²) in [6.07, 6.45) is 0.162. The molecule has 1 N–H and O–H groups in total. The molecule has 0 fully saturated rings. The first kappa shape index (κ1) is 20.7. The molecule has 0 aliphatic rings. The van der Waals surface area contributed by atoms with Crippen LogP contribution in [0.15, 0.2) is 47.0 Å². The number of ether oxygens (including phenoxy) is 2. The van der Waals surface area contributed by atoms with Crippen molar-refractivity contribution in [3.63, 3.8) is 0 Å². The molecular formula is C23H28N2O4. The molecule has 0 aliphatic carbocycles. The van der Waals surface area contributed by atoms with E-state index in [1.807, 2.05) is 56.3 Å². The number of fused-ring (bicyclic) bond motifs is 1. The van der Waals surface area contributed by atoms with Gasteiger partial charge in [0.2, 0.25) is 5.91 Å². The van der Waals surface area contributed by atoms with E-state index in [1.165, 1.54) is 0 Å². The maximum atomic E-state index is 12.8. The summed E-state index contributed by atoms with van der Waals surface area (Å²) >= 11 is 0. The monoisotopic (exact) mass is 396 g/mol. The number of hydrogen-bond acceptors (Lipinski definition) is 5. The van der Waals surface area contributed by atoms with E-state index >= 15 is 0 Å². The maximum absolute atomic E-state index is 12.8. The molecule has 0 bridgehead atoms. The highest BCUT2D eigenvalue weighted by Crippen LogP contribution is 2.33. The molecule has 1 aromatic heterocycles. The Hall–Kier alpha value is -3.02. The Labute approximate surface area is 171 Å². The second kappa shape index (κ2) is 9.45. The van der Waals surface area contributed by atoms with Gasteiger partial charge in [-0.3, -0.25) is 4.79 Å². The van der Waals surface area contributed by atoms with E-state index in [4.69, 9.17) is 14.0 Å². The fourth-order valence-corrected chi connectivity index (χ4v) is 3.34. The van der Waals surface area contributed by atoms with Gasteiger partial charge in [-0.2, -0.15) is 0 Å². The highest BCUT2D eigenvalue weighted by Gasteiger charge is 2.21. The first-order valence-electron chi connectivity index (χ1n) is 10.1. The van der Waals surface area contributed by atoms with Crippen LogP contribution in [0.2, 0.25) is 0 Å². The van der Waals surface area contributed by atoms with Gasteiger partial charge in [-0.05, 0) is 49.6 Å². The summed E-state index contributed by atoms with van der Waals surface area (Å²) in [6.45, 7) is 9.14. The van der Waals surface area contributed by atoms with Crippen molar-refractivity contribution in [2.24, 2.45) is 5.92 Å². The number of nitrogens with one attached hydrogen (secondary N) is 1. The minimum atomic E-state index is -0.157. The highest BCUT2D eigenvalue weighted by atomic mass is 16.5. The highest BCUT2D eigenvalue weighted by molar-refractivity contribution is 5.86. The summed E-state index contributed by atoms with van der Waals surface area (Å²) in [5, 5.41) is 8.06. The fraction of sp³-hybridized carbons (Fsp3) is 0.391. The molecule has 6 heteroatoms. The van der Waals surface area contributed by atoms with Gasteiger partial charge in [-0.1, -0.05) is 37.2 Å². The van der Waals surface area contributed by atoms with Gasteiger partial charge in [-0.25, -0.2) is 0 Å². The van der Waals surface area contributed by atoms with Gasteiger partial charge < -0.3 is 19.3 Å². The summed E-state index contributed by atoms with van der Waals surface area (Å²) in [4.78, 5) is 12.8. The van der Waals surface area contributed by atoms with Crippen LogP contribution in [0.4, 0.5) is 0 Å². The molecule has 29 heavy (non-hydrogen) atoms. The Bertz CT molecular complexity index is 964. The lowest BCUT2D eigenvalue weighted by atomic mass is 9.95. The van der Waals surface area contributed by atoms with Gasteiger partial charge in [0, 0.05) is 5.39 Å². The molecule has 3 rings (SSSR count). The molecule has 2 aromatic carbocycles. The zero-order valence-corrected chi connectivity index (χ0v) is 17.4. The molecule has 0 saturated heterocycles. The maximum Gasteiger partial charge on any atom is 0.226 e. The van der Waals surface area contributed by atoms with Crippen molar-refractivity contribution >= 4 is 16.9 Å². The van der Waals surface area contributed by atoms with Crippen LogP contribution in [0.25, 0.3) is 11.0 Å². The summed E-state index contributed by atoms with van der Waals surface area (Å²) < 4.78 is 16.7. The average Bonchev–Trinajstić information content (AvgIpc) is 3.10. The van der Waals surface area contributed by atoms with Crippen LogP contribution in [-0.4, -0.2) is 24.3 Å². The van der Waals surface area contributed by atoms with Crippen molar-refractivity contribution < 1.29 is 18.8 Å². The second-order valence-electron chi connectivity index (χ2n) is 7.16. The molecule has 6 nitrogen and oxygen atoms in total. The predicted octanol–water partition coefficient (Wildman–Crippen LogP) is 4.68. The number of carbonyl (C=O) groups excluding carboxylic acids is 1. The Kier molecular flexibility index (Phi) is 6.75. The third-order valence-corrected chi connectivity index (χ3v) is 4.69. The molecule has 1 unspecified atom stereocenters. The van der Waals surface area contributed by atoms with Crippen molar-refractivity contribution in [1.82, 2.24) is 10.5 Å². The van der Waals surface area contributed by atoms with Crippen LogP contribution in [0.3, 0.4) is 0 Å². The Balaban J connectivity index is 1.79. The van der Waals surface area contributed by atoms with Crippen LogP contribution in [0, 0.1) is 5.92 Å². The molecular weight excluding hydrogens is 368 g/mol. The zero-order valence-electron chi connectivity index (χ0n) is 17.4. The lowest BCUT2D eigenvalue weighted by Crippen LogP contribution is -2.33. The first-order valence-corrected chi connectivity index (χ1v) is 10.1. The quantitative estimate of drug-likeness (QED) is 0.568. The Morgan fingerprint density at radius 3 is 2.52 bits per heavy atom. The van der Waals surface area contributed by atoms with Crippen LogP contribution in [-0.2, 0) is 11.2 Å². The third-order valence-electron chi connectivity index (χ3n) is 4.69. The summed E-state index contributed by atoms with van der Waals surface area (Å²) in [7, 11) is 0. The second-order valence-corrected chi connectivity index (χ2v) is 7.16. The molecule has 0 spiro atoms. The van der Waals surface area contributed by atoms with Crippen molar-refractivity contribution in [1.29, 1.82) is 0 Å². The lowest BCUT2D eigenvalue weighted by molar-refractivity contribution is -0.121.